The number of hydrogen-bond donors (Lipinski definition) is 2. The lowest BCUT2D eigenvalue weighted by atomic mass is 10.0. The van der Waals surface area contributed by atoms with Crippen LogP contribution < -0.4 is 4.89 Å². The van der Waals surface area contributed by atoms with E-state index >= 15 is 0 Å². The lowest BCUT2D eigenvalue weighted by Crippen LogP contribution is -2.04. The number of carbonyl (C=O) groups is 1. The van der Waals surface area contributed by atoms with Crippen LogP contribution in [0.2, 0.25) is 0 Å². The molecule has 0 saturated carbocycles. The first-order valence-electron chi connectivity index (χ1n) is 7.53. The van der Waals surface area contributed by atoms with E-state index < -0.39 is 11.2 Å². The topological polar surface area (TPSA) is 68.7 Å². The number of aromatic nitrogens is 1. The Kier molecular flexibility index (Phi) is 4.20. The number of fused-ring (bicyclic) bond motifs is 1. The molecule has 7 heteroatoms. The lowest BCUT2D eigenvalue weighted by Gasteiger charge is -2.04. The molecule has 1 aromatic heterocycles. The van der Waals surface area contributed by atoms with Gasteiger partial charge in [-0.3, -0.25) is 4.79 Å². The molecule has 0 spiro atoms. The Labute approximate surface area is 153 Å². The van der Waals surface area contributed by atoms with Crippen molar-refractivity contribution in [3.8, 4) is 27.4 Å². The maximum absolute atomic E-state index is 11.3. The second kappa shape index (κ2) is 6.51. The van der Waals surface area contributed by atoms with Crippen LogP contribution in [0.4, 0.5) is 0 Å². The van der Waals surface area contributed by atoms with E-state index in [2.05, 4.69) is 17.6 Å². The van der Waals surface area contributed by atoms with Crippen molar-refractivity contribution in [2.24, 2.45) is 0 Å². The van der Waals surface area contributed by atoms with Gasteiger partial charge in [0.1, 0.15) is 11.6 Å². The monoisotopic (exact) mass is 371 g/mol. The summed E-state index contributed by atoms with van der Waals surface area (Å²) < 4.78 is 0. The van der Waals surface area contributed by atoms with E-state index in [-0.39, 0.29) is 0 Å². The fraction of sp³-hybridized carbons (Fsp3) is 0.111. The largest absolute Gasteiger partial charge is 0.480 e. The molecule has 0 aliphatic carbocycles. The Hall–Kier alpha value is -2.35. The summed E-state index contributed by atoms with van der Waals surface area (Å²) in [5.41, 5.74) is 3.50. The summed E-state index contributed by atoms with van der Waals surface area (Å²) >= 11 is 5.51. The summed E-state index contributed by atoms with van der Waals surface area (Å²) in [6.45, 7) is 0.418. The molecule has 4 rings (SSSR count). The highest BCUT2D eigenvalue weighted by Crippen LogP contribution is 2.41. The van der Waals surface area contributed by atoms with E-state index in [0.29, 0.717) is 23.1 Å². The minimum atomic E-state index is -1.02. The lowest BCUT2D eigenvalue weighted by molar-refractivity contribution is -0.194. The van der Waals surface area contributed by atoms with Gasteiger partial charge in [-0.1, -0.05) is 42.5 Å². The summed E-state index contributed by atoms with van der Waals surface area (Å²) in [6, 6.07) is 15.5. The van der Waals surface area contributed by atoms with Crippen molar-refractivity contribution in [1.82, 2.24) is 4.98 Å². The number of hydrogen-bond acceptors (Lipinski definition) is 6. The van der Waals surface area contributed by atoms with Crippen molar-refractivity contribution >= 4 is 29.9 Å². The molecule has 0 radical (unpaired) electrons. The zero-order valence-corrected chi connectivity index (χ0v) is 14.6. The van der Waals surface area contributed by atoms with Gasteiger partial charge in [0, 0.05) is 11.1 Å². The maximum Gasteiger partial charge on any atom is 0.323 e. The zero-order valence-electron chi connectivity index (χ0n) is 12.9. The smallest absolute Gasteiger partial charge is 0.323 e. The molecule has 0 bridgehead atoms. The van der Waals surface area contributed by atoms with Crippen molar-refractivity contribution in [2.75, 3.05) is 0 Å². The van der Waals surface area contributed by atoms with Crippen LogP contribution >= 0.6 is 24.0 Å². The van der Waals surface area contributed by atoms with Crippen molar-refractivity contribution in [1.29, 1.82) is 0 Å². The third-order valence-electron chi connectivity index (χ3n) is 3.85. The molecule has 1 aliphatic heterocycles. The average molecular weight is 371 g/mol. The number of thiol groups is 1. The van der Waals surface area contributed by atoms with E-state index in [1.807, 2.05) is 48.5 Å². The number of aliphatic carboxylic acids is 1. The van der Waals surface area contributed by atoms with E-state index in [0.717, 1.165) is 21.6 Å². The molecule has 0 amide bonds. The maximum atomic E-state index is 11.3. The van der Waals surface area contributed by atoms with Crippen LogP contribution in [0.3, 0.4) is 0 Å². The molecular weight excluding hydrogens is 358 g/mol. The predicted octanol–water partition coefficient (Wildman–Crippen LogP) is 4.36. The van der Waals surface area contributed by atoms with Gasteiger partial charge in [-0.15, -0.1) is 11.3 Å². The summed E-state index contributed by atoms with van der Waals surface area (Å²) in [5.74, 6) is -0.361. The average Bonchev–Trinajstić information content (AvgIpc) is 3.28. The van der Waals surface area contributed by atoms with Gasteiger partial charge in [0.25, 0.3) is 0 Å². The van der Waals surface area contributed by atoms with E-state index in [9.17, 15) is 9.90 Å². The molecule has 3 aromatic rings. The molecule has 1 unspecified atom stereocenters. The molecule has 126 valence electrons. The number of rotatable bonds is 4. The van der Waals surface area contributed by atoms with E-state index in [1.165, 1.54) is 11.3 Å². The summed E-state index contributed by atoms with van der Waals surface area (Å²) in [7, 11) is 0. The third-order valence-corrected chi connectivity index (χ3v) is 5.66. The fourth-order valence-corrected chi connectivity index (χ4v) is 3.88. The molecule has 1 N–H and O–H groups in total. The highest BCUT2D eigenvalue weighted by atomic mass is 32.1. The van der Waals surface area contributed by atoms with Crippen molar-refractivity contribution in [3.05, 3.63) is 59.1 Å². The highest BCUT2D eigenvalue weighted by molar-refractivity contribution is 7.81. The third kappa shape index (κ3) is 3.02. The van der Waals surface area contributed by atoms with Gasteiger partial charge in [-0.2, -0.15) is 17.5 Å². The number of carboxylic acids is 1. The molecule has 0 fully saturated rings. The number of thiazole rings is 1. The van der Waals surface area contributed by atoms with Gasteiger partial charge in [0.15, 0.2) is 11.0 Å². The van der Waals surface area contributed by atoms with Crippen LogP contribution in [0.15, 0.2) is 48.5 Å². The minimum Gasteiger partial charge on any atom is -0.480 e. The second-order valence-corrected chi connectivity index (χ2v) is 7.05. The normalized spacial score (nSPS) is 14.0. The number of carboxylic acid groups (broad SMARTS) is 1. The molecule has 2 aromatic carbocycles. The molecule has 25 heavy (non-hydrogen) atoms. The molecule has 5 nitrogen and oxygen atoms in total. The Morgan fingerprint density at radius 2 is 2.00 bits per heavy atom. The Bertz CT molecular complexity index is 940. The van der Waals surface area contributed by atoms with Gasteiger partial charge < -0.3 is 9.99 Å². The molecule has 0 saturated heterocycles. The van der Waals surface area contributed by atoms with Gasteiger partial charge in [0.2, 0.25) is 0 Å². The number of benzene rings is 2. The van der Waals surface area contributed by atoms with Gasteiger partial charge in [0.05, 0.1) is 10.6 Å². The first-order chi connectivity index (χ1) is 12.1. The second-order valence-electron chi connectivity index (χ2n) is 5.50. The van der Waals surface area contributed by atoms with Crippen LogP contribution in [0.1, 0.15) is 15.8 Å². The number of nitrogens with zero attached hydrogens (tertiary/aromatic N) is 1. The fourth-order valence-electron chi connectivity index (χ4n) is 2.60. The predicted molar refractivity (Wildman–Crippen MR) is 97.8 cm³/mol. The quantitative estimate of drug-likeness (QED) is 0.527. The van der Waals surface area contributed by atoms with Crippen molar-refractivity contribution in [3.63, 3.8) is 0 Å². The summed E-state index contributed by atoms with van der Waals surface area (Å²) in [6.07, 6.45) is 0. The SMILES string of the molecule is O=C(O)C(S)c1nc(-c2ccc3c(c2)OOC3)c(-c2ccccc2)s1. The molecular formula is C18H13NO4S2. The first kappa shape index (κ1) is 16.1. The Balaban J connectivity index is 1.86. The van der Waals surface area contributed by atoms with Crippen molar-refractivity contribution < 1.29 is 19.7 Å². The van der Waals surface area contributed by atoms with Crippen LogP contribution in [0, 0.1) is 0 Å². The van der Waals surface area contributed by atoms with Gasteiger partial charge in [-0.05, 0) is 11.6 Å². The van der Waals surface area contributed by atoms with Crippen LogP contribution in [-0.2, 0) is 16.3 Å². The minimum absolute atomic E-state index is 0.418. The van der Waals surface area contributed by atoms with Crippen LogP contribution in [-0.4, -0.2) is 16.1 Å². The zero-order chi connectivity index (χ0) is 17.4. The Morgan fingerprint density at radius 1 is 1.20 bits per heavy atom. The Morgan fingerprint density at radius 3 is 2.76 bits per heavy atom. The summed E-state index contributed by atoms with van der Waals surface area (Å²) in [4.78, 5) is 26.9. The van der Waals surface area contributed by atoms with Crippen molar-refractivity contribution in [2.45, 2.75) is 11.9 Å². The van der Waals surface area contributed by atoms with Gasteiger partial charge in [-0.25, -0.2) is 4.98 Å². The molecule has 2 heterocycles. The standard InChI is InChI=1S/C18H13NO4S2/c20-18(21)15(24)17-19-14(16(25-17)10-4-2-1-3-5-10)11-6-7-12-9-22-23-13(12)8-11/h1-8,15,24H,9H2,(H,20,21). The van der Waals surface area contributed by atoms with E-state index in [1.54, 1.807) is 0 Å². The van der Waals surface area contributed by atoms with Crippen LogP contribution in [0.25, 0.3) is 21.7 Å². The van der Waals surface area contributed by atoms with E-state index in [4.69, 9.17) is 9.78 Å². The first-order valence-corrected chi connectivity index (χ1v) is 8.86. The van der Waals surface area contributed by atoms with Gasteiger partial charge >= 0.3 is 5.97 Å². The molecule has 1 atom stereocenters. The molecule has 1 aliphatic rings. The summed E-state index contributed by atoms with van der Waals surface area (Å²) in [5, 5.41) is 8.74. The highest BCUT2D eigenvalue weighted by Gasteiger charge is 2.24. The van der Waals surface area contributed by atoms with Crippen LogP contribution in [0.5, 0.6) is 5.75 Å².